The molecule has 9 heteroatoms. The van der Waals surface area contributed by atoms with Gasteiger partial charge in [-0.05, 0) is 30.3 Å². The number of fused-ring (bicyclic) bond motifs is 1. The number of methoxy groups -OCH3 is 1. The highest BCUT2D eigenvalue weighted by Crippen LogP contribution is 2.10. The highest BCUT2D eigenvalue weighted by molar-refractivity contribution is 5.97. The van der Waals surface area contributed by atoms with E-state index in [0.29, 0.717) is 22.0 Å². The third-order valence-corrected chi connectivity index (χ3v) is 4.11. The van der Waals surface area contributed by atoms with E-state index in [0.717, 1.165) is 4.68 Å². The van der Waals surface area contributed by atoms with E-state index in [1.807, 2.05) is 0 Å². The number of hydrogen-bond acceptors (Lipinski definition) is 6. The standard InChI is InChI=1S/C20H18N4O5/c1-29-18(26)11-21-19(27)13-6-8-15(9-7-13)23-17(25)12-24-20(28)16-5-3-2-4-14(16)10-22-24/h2-10H,11-12H2,1H3,(H,21,27)(H,23,25). The van der Waals surface area contributed by atoms with Crippen molar-refractivity contribution < 1.29 is 19.1 Å². The average molecular weight is 394 g/mol. The van der Waals surface area contributed by atoms with Crippen LogP contribution in [0, 0.1) is 0 Å². The number of carbonyl (C=O) groups is 3. The summed E-state index contributed by atoms with van der Waals surface area (Å²) in [6.45, 7) is -0.480. The summed E-state index contributed by atoms with van der Waals surface area (Å²) in [5.74, 6) is -1.43. The van der Waals surface area contributed by atoms with Crippen molar-refractivity contribution in [2.24, 2.45) is 0 Å². The maximum atomic E-state index is 12.4. The van der Waals surface area contributed by atoms with Gasteiger partial charge < -0.3 is 15.4 Å². The summed E-state index contributed by atoms with van der Waals surface area (Å²) in [5.41, 5.74) is 0.420. The number of hydrogen-bond donors (Lipinski definition) is 2. The number of aromatic nitrogens is 2. The van der Waals surface area contributed by atoms with Gasteiger partial charge in [0.05, 0.1) is 18.7 Å². The highest BCUT2D eigenvalue weighted by atomic mass is 16.5. The number of anilines is 1. The number of amides is 2. The fourth-order valence-corrected chi connectivity index (χ4v) is 2.61. The van der Waals surface area contributed by atoms with E-state index in [-0.39, 0.29) is 18.6 Å². The molecule has 3 rings (SSSR count). The molecule has 0 unspecified atom stereocenters. The van der Waals surface area contributed by atoms with Crippen molar-refractivity contribution in [2.45, 2.75) is 6.54 Å². The first kappa shape index (κ1) is 19.7. The number of ether oxygens (including phenoxy) is 1. The van der Waals surface area contributed by atoms with Gasteiger partial charge in [-0.2, -0.15) is 5.10 Å². The highest BCUT2D eigenvalue weighted by Gasteiger charge is 2.11. The lowest BCUT2D eigenvalue weighted by molar-refractivity contribution is -0.139. The third-order valence-electron chi connectivity index (χ3n) is 4.11. The van der Waals surface area contributed by atoms with Gasteiger partial charge in [0.15, 0.2) is 0 Å². The largest absolute Gasteiger partial charge is 0.468 e. The molecular formula is C20H18N4O5. The molecule has 0 bridgehead atoms. The summed E-state index contributed by atoms with van der Waals surface area (Å²) in [4.78, 5) is 47.7. The molecule has 1 aromatic heterocycles. The van der Waals surface area contributed by atoms with Crippen molar-refractivity contribution in [3.05, 3.63) is 70.6 Å². The van der Waals surface area contributed by atoms with Gasteiger partial charge in [0.1, 0.15) is 13.1 Å². The normalized spacial score (nSPS) is 10.4. The summed E-state index contributed by atoms with van der Waals surface area (Å²) >= 11 is 0. The van der Waals surface area contributed by atoms with Crippen LogP contribution in [-0.4, -0.2) is 41.2 Å². The Morgan fingerprint density at radius 3 is 2.52 bits per heavy atom. The molecule has 2 aromatic carbocycles. The Kier molecular flexibility index (Phi) is 5.98. The first-order chi connectivity index (χ1) is 14.0. The topological polar surface area (TPSA) is 119 Å². The van der Waals surface area contributed by atoms with Gasteiger partial charge >= 0.3 is 5.97 Å². The Morgan fingerprint density at radius 2 is 1.79 bits per heavy atom. The Labute approximate surface area is 165 Å². The maximum absolute atomic E-state index is 12.4. The molecule has 0 atom stereocenters. The molecule has 29 heavy (non-hydrogen) atoms. The van der Waals surface area contributed by atoms with Crippen LogP contribution in [-0.2, 0) is 20.9 Å². The van der Waals surface area contributed by atoms with Crippen LogP contribution in [0.3, 0.4) is 0 Å². The summed E-state index contributed by atoms with van der Waals surface area (Å²) < 4.78 is 5.54. The molecule has 0 saturated heterocycles. The Balaban J connectivity index is 1.62. The predicted molar refractivity (Wildman–Crippen MR) is 105 cm³/mol. The molecule has 2 N–H and O–H groups in total. The minimum absolute atomic E-state index is 0.235. The van der Waals surface area contributed by atoms with Gasteiger partial charge in [-0.25, -0.2) is 4.68 Å². The van der Waals surface area contributed by atoms with E-state index in [9.17, 15) is 19.2 Å². The van der Waals surface area contributed by atoms with E-state index in [1.165, 1.54) is 25.4 Å². The van der Waals surface area contributed by atoms with Gasteiger partial charge in [0.25, 0.3) is 11.5 Å². The second-order valence-corrected chi connectivity index (χ2v) is 6.08. The van der Waals surface area contributed by atoms with Gasteiger partial charge in [0.2, 0.25) is 5.91 Å². The average Bonchev–Trinajstić information content (AvgIpc) is 2.74. The molecule has 0 aliphatic carbocycles. The zero-order valence-electron chi connectivity index (χ0n) is 15.5. The fraction of sp³-hybridized carbons (Fsp3) is 0.150. The molecule has 0 aliphatic heterocycles. The van der Waals surface area contributed by atoms with E-state index < -0.39 is 17.8 Å². The van der Waals surface area contributed by atoms with Crippen LogP contribution in [0.2, 0.25) is 0 Å². The molecule has 0 spiro atoms. The maximum Gasteiger partial charge on any atom is 0.325 e. The summed E-state index contributed by atoms with van der Waals surface area (Å²) in [6.07, 6.45) is 1.53. The Bertz CT molecular complexity index is 1120. The van der Waals surface area contributed by atoms with Crippen LogP contribution < -0.4 is 16.2 Å². The third kappa shape index (κ3) is 4.83. The molecule has 0 radical (unpaired) electrons. The molecule has 2 amide bonds. The second-order valence-electron chi connectivity index (χ2n) is 6.08. The molecular weight excluding hydrogens is 376 g/mol. The van der Waals surface area contributed by atoms with Crippen molar-refractivity contribution in [3.8, 4) is 0 Å². The van der Waals surface area contributed by atoms with E-state index in [1.54, 1.807) is 36.4 Å². The molecule has 1 heterocycles. The lowest BCUT2D eigenvalue weighted by atomic mass is 10.2. The van der Waals surface area contributed by atoms with Crippen LogP contribution >= 0.6 is 0 Å². The SMILES string of the molecule is COC(=O)CNC(=O)c1ccc(NC(=O)Cn2ncc3ccccc3c2=O)cc1. The van der Waals surface area contributed by atoms with Crippen LogP contribution in [0.1, 0.15) is 10.4 Å². The van der Waals surface area contributed by atoms with Crippen molar-refractivity contribution >= 4 is 34.2 Å². The van der Waals surface area contributed by atoms with Gasteiger partial charge in [-0.15, -0.1) is 0 Å². The van der Waals surface area contributed by atoms with Crippen molar-refractivity contribution in [2.75, 3.05) is 19.0 Å². The van der Waals surface area contributed by atoms with Crippen LogP contribution in [0.4, 0.5) is 5.69 Å². The lowest BCUT2D eigenvalue weighted by Crippen LogP contribution is -2.30. The van der Waals surface area contributed by atoms with E-state index >= 15 is 0 Å². The van der Waals surface area contributed by atoms with Crippen LogP contribution in [0.15, 0.2) is 59.5 Å². The monoisotopic (exact) mass is 394 g/mol. The summed E-state index contributed by atoms with van der Waals surface area (Å²) in [7, 11) is 1.23. The molecule has 0 saturated carbocycles. The van der Waals surface area contributed by atoms with Gasteiger partial charge in [0, 0.05) is 16.6 Å². The van der Waals surface area contributed by atoms with Crippen LogP contribution in [0.25, 0.3) is 10.8 Å². The minimum Gasteiger partial charge on any atom is -0.468 e. The van der Waals surface area contributed by atoms with E-state index in [2.05, 4.69) is 20.5 Å². The van der Waals surface area contributed by atoms with E-state index in [4.69, 9.17) is 0 Å². The molecule has 0 aliphatic rings. The Morgan fingerprint density at radius 1 is 1.07 bits per heavy atom. The molecule has 9 nitrogen and oxygen atoms in total. The smallest absolute Gasteiger partial charge is 0.325 e. The van der Waals surface area contributed by atoms with Crippen LogP contribution in [0.5, 0.6) is 0 Å². The zero-order chi connectivity index (χ0) is 20.8. The minimum atomic E-state index is -0.556. The van der Waals surface area contributed by atoms with Crippen molar-refractivity contribution in [1.82, 2.24) is 15.1 Å². The van der Waals surface area contributed by atoms with Gasteiger partial charge in [-0.3, -0.25) is 19.2 Å². The van der Waals surface area contributed by atoms with Gasteiger partial charge in [-0.1, -0.05) is 18.2 Å². The Hall–Kier alpha value is -4.01. The fourth-order valence-electron chi connectivity index (χ4n) is 2.61. The number of benzene rings is 2. The lowest BCUT2D eigenvalue weighted by Gasteiger charge is -2.08. The first-order valence-electron chi connectivity index (χ1n) is 8.67. The zero-order valence-corrected chi connectivity index (χ0v) is 15.5. The van der Waals surface area contributed by atoms with Crippen molar-refractivity contribution in [3.63, 3.8) is 0 Å². The molecule has 148 valence electrons. The second kappa shape index (κ2) is 8.79. The summed E-state index contributed by atoms with van der Waals surface area (Å²) in [5, 5.41) is 10.3. The first-order valence-corrected chi connectivity index (χ1v) is 8.67. The molecule has 0 fully saturated rings. The predicted octanol–water partition coefficient (Wildman–Crippen LogP) is 0.938. The number of rotatable bonds is 6. The quantitative estimate of drug-likeness (QED) is 0.601. The number of esters is 1. The summed E-state index contributed by atoms with van der Waals surface area (Å²) in [6, 6.07) is 13.1. The molecule has 3 aromatic rings. The number of nitrogens with one attached hydrogen (secondary N) is 2. The number of carbonyl (C=O) groups excluding carboxylic acids is 3. The number of nitrogens with zero attached hydrogens (tertiary/aromatic N) is 2. The van der Waals surface area contributed by atoms with Crippen molar-refractivity contribution in [1.29, 1.82) is 0 Å².